The smallest absolute Gasteiger partial charge is 0.187 e. The van der Waals surface area contributed by atoms with Crippen LogP contribution < -0.4 is 20.2 Å². The SMILES string of the molecule is C=CCNC(=S)NN=Cc1ccc(OCc2c(Cl)cccc2Cl)c(OCC)c1. The van der Waals surface area contributed by atoms with E-state index >= 15 is 0 Å². The highest BCUT2D eigenvalue weighted by Crippen LogP contribution is 2.31. The number of ether oxygens (including phenoxy) is 2. The summed E-state index contributed by atoms with van der Waals surface area (Å²) in [4.78, 5) is 0. The molecule has 0 bridgehead atoms. The number of thiocarbonyl (C=S) groups is 1. The first kappa shape index (κ1) is 22.0. The van der Waals surface area contributed by atoms with Crippen LogP contribution in [0.3, 0.4) is 0 Å². The maximum Gasteiger partial charge on any atom is 0.187 e. The Morgan fingerprint density at radius 2 is 1.93 bits per heavy atom. The third kappa shape index (κ3) is 6.71. The second-order valence-corrected chi connectivity index (χ2v) is 6.72. The minimum Gasteiger partial charge on any atom is -0.490 e. The molecule has 0 aliphatic rings. The molecule has 0 heterocycles. The standard InChI is InChI=1S/C20H21Cl2N3O2S/c1-3-10-23-20(28)25-24-12-14-8-9-18(19(11-14)26-4-2)27-13-15-16(21)6-5-7-17(15)22/h3,5-9,11-12H,1,4,10,13H2,2H3,(H2,23,25,28). The zero-order valence-corrected chi connectivity index (χ0v) is 17.7. The average Bonchev–Trinajstić information content (AvgIpc) is 2.67. The molecule has 2 rings (SSSR count). The molecular formula is C20H21Cl2N3O2S. The Balaban J connectivity index is 2.07. The molecule has 2 aromatic rings. The summed E-state index contributed by atoms with van der Waals surface area (Å²) in [7, 11) is 0. The fourth-order valence-corrected chi connectivity index (χ4v) is 2.83. The van der Waals surface area contributed by atoms with Crippen molar-refractivity contribution in [1.29, 1.82) is 0 Å². The summed E-state index contributed by atoms with van der Waals surface area (Å²) in [5.74, 6) is 1.19. The Bertz CT molecular complexity index is 839. The van der Waals surface area contributed by atoms with Crippen LogP contribution in [0.4, 0.5) is 0 Å². The molecule has 28 heavy (non-hydrogen) atoms. The van der Waals surface area contributed by atoms with Crippen molar-refractivity contribution in [1.82, 2.24) is 10.7 Å². The van der Waals surface area contributed by atoms with Crippen LogP contribution in [0.15, 0.2) is 54.2 Å². The van der Waals surface area contributed by atoms with Crippen LogP contribution in [0.2, 0.25) is 10.0 Å². The molecule has 0 aliphatic carbocycles. The van der Waals surface area contributed by atoms with Crippen molar-refractivity contribution in [2.24, 2.45) is 5.10 Å². The molecule has 148 valence electrons. The quantitative estimate of drug-likeness (QED) is 0.251. The molecule has 0 aromatic heterocycles. The van der Waals surface area contributed by atoms with Gasteiger partial charge < -0.3 is 14.8 Å². The molecule has 2 N–H and O–H groups in total. The Hall–Kier alpha value is -2.28. The molecule has 8 heteroatoms. The molecule has 0 spiro atoms. The number of nitrogens with one attached hydrogen (secondary N) is 2. The minimum absolute atomic E-state index is 0.233. The number of hydrogen-bond donors (Lipinski definition) is 2. The maximum absolute atomic E-state index is 6.20. The predicted molar refractivity (Wildman–Crippen MR) is 120 cm³/mol. The average molecular weight is 438 g/mol. The fourth-order valence-electron chi connectivity index (χ4n) is 2.18. The van der Waals surface area contributed by atoms with Crippen LogP contribution in [0.25, 0.3) is 0 Å². The highest BCUT2D eigenvalue weighted by molar-refractivity contribution is 7.80. The van der Waals surface area contributed by atoms with E-state index in [9.17, 15) is 0 Å². The second kappa shape index (κ2) is 11.5. The van der Waals surface area contributed by atoms with Crippen LogP contribution in [0.5, 0.6) is 11.5 Å². The lowest BCUT2D eigenvalue weighted by atomic mass is 10.2. The van der Waals surface area contributed by atoms with E-state index in [2.05, 4.69) is 22.4 Å². The lowest BCUT2D eigenvalue weighted by Gasteiger charge is -2.14. The van der Waals surface area contributed by atoms with Gasteiger partial charge in [-0.2, -0.15) is 5.10 Å². The van der Waals surface area contributed by atoms with Crippen LogP contribution in [0, 0.1) is 0 Å². The van der Waals surface area contributed by atoms with Gasteiger partial charge in [-0.15, -0.1) is 6.58 Å². The van der Waals surface area contributed by atoms with Crippen molar-refractivity contribution in [2.75, 3.05) is 13.2 Å². The lowest BCUT2D eigenvalue weighted by Crippen LogP contribution is -2.31. The third-order valence-corrected chi connectivity index (χ3v) is 4.43. The second-order valence-electron chi connectivity index (χ2n) is 5.50. The Labute approximate surface area is 180 Å². The first-order valence-electron chi connectivity index (χ1n) is 8.55. The summed E-state index contributed by atoms with van der Waals surface area (Å²) in [6.07, 6.45) is 3.35. The summed E-state index contributed by atoms with van der Waals surface area (Å²) >= 11 is 17.5. The van der Waals surface area contributed by atoms with E-state index in [1.807, 2.05) is 25.1 Å². The highest BCUT2D eigenvalue weighted by Gasteiger charge is 2.10. The number of rotatable bonds is 9. The van der Waals surface area contributed by atoms with Crippen molar-refractivity contribution in [3.63, 3.8) is 0 Å². The maximum atomic E-state index is 6.20. The number of halogens is 2. The van der Waals surface area contributed by atoms with Gasteiger partial charge >= 0.3 is 0 Å². The van der Waals surface area contributed by atoms with Crippen molar-refractivity contribution in [2.45, 2.75) is 13.5 Å². The van der Waals surface area contributed by atoms with Crippen molar-refractivity contribution < 1.29 is 9.47 Å². The molecule has 0 fully saturated rings. The Morgan fingerprint density at radius 3 is 2.61 bits per heavy atom. The van der Waals surface area contributed by atoms with Gasteiger partial charge in [0.25, 0.3) is 0 Å². The van der Waals surface area contributed by atoms with Gasteiger partial charge in [-0.05, 0) is 55.0 Å². The van der Waals surface area contributed by atoms with Gasteiger partial charge in [-0.25, -0.2) is 0 Å². The summed E-state index contributed by atoms with van der Waals surface area (Å²) in [6, 6.07) is 10.8. The summed E-state index contributed by atoms with van der Waals surface area (Å²) < 4.78 is 11.6. The zero-order valence-electron chi connectivity index (χ0n) is 15.4. The summed E-state index contributed by atoms with van der Waals surface area (Å²) in [5, 5.41) is 8.55. The van der Waals surface area contributed by atoms with E-state index < -0.39 is 0 Å². The van der Waals surface area contributed by atoms with E-state index in [0.29, 0.717) is 39.8 Å². The van der Waals surface area contributed by atoms with Crippen LogP contribution >= 0.6 is 35.4 Å². The number of benzene rings is 2. The highest BCUT2D eigenvalue weighted by atomic mass is 35.5. The molecule has 0 aliphatic heterocycles. The van der Waals surface area contributed by atoms with Crippen molar-refractivity contribution in [3.8, 4) is 11.5 Å². The first-order chi connectivity index (χ1) is 13.5. The molecular weight excluding hydrogens is 417 g/mol. The van der Waals surface area contributed by atoms with E-state index in [0.717, 1.165) is 11.1 Å². The van der Waals surface area contributed by atoms with Gasteiger partial charge in [-0.1, -0.05) is 35.3 Å². The third-order valence-electron chi connectivity index (χ3n) is 3.49. The molecule has 0 saturated heterocycles. The Morgan fingerprint density at radius 1 is 1.18 bits per heavy atom. The monoisotopic (exact) mass is 437 g/mol. The Kier molecular flexibility index (Phi) is 9.07. The van der Waals surface area contributed by atoms with Crippen LogP contribution in [-0.4, -0.2) is 24.5 Å². The van der Waals surface area contributed by atoms with Crippen molar-refractivity contribution >= 4 is 46.7 Å². The van der Waals surface area contributed by atoms with E-state index in [4.69, 9.17) is 44.9 Å². The van der Waals surface area contributed by atoms with Crippen molar-refractivity contribution in [3.05, 3.63) is 70.2 Å². The van der Waals surface area contributed by atoms with Gasteiger partial charge in [0.1, 0.15) is 6.61 Å². The molecule has 0 unspecified atom stereocenters. The summed E-state index contributed by atoms with van der Waals surface area (Å²) in [5.41, 5.74) is 4.28. The van der Waals surface area contributed by atoms with Crippen LogP contribution in [0.1, 0.15) is 18.1 Å². The molecule has 0 radical (unpaired) electrons. The van der Waals surface area contributed by atoms with Gasteiger partial charge in [0.05, 0.1) is 12.8 Å². The largest absolute Gasteiger partial charge is 0.490 e. The van der Waals surface area contributed by atoms with Gasteiger partial charge in [0.2, 0.25) is 0 Å². The van der Waals surface area contributed by atoms with Crippen LogP contribution in [-0.2, 0) is 6.61 Å². The molecule has 0 saturated carbocycles. The van der Waals surface area contributed by atoms with Gasteiger partial charge in [0.15, 0.2) is 16.6 Å². The van der Waals surface area contributed by atoms with Gasteiger partial charge in [-0.3, -0.25) is 5.43 Å². The predicted octanol–water partition coefficient (Wildman–Crippen LogP) is 4.96. The van der Waals surface area contributed by atoms with E-state index in [1.165, 1.54) is 0 Å². The first-order valence-corrected chi connectivity index (χ1v) is 9.72. The lowest BCUT2D eigenvalue weighted by molar-refractivity contribution is 0.269. The van der Waals surface area contributed by atoms with Gasteiger partial charge in [0, 0.05) is 22.2 Å². The van der Waals surface area contributed by atoms with E-state index in [-0.39, 0.29) is 6.61 Å². The number of nitrogens with zero attached hydrogens (tertiary/aromatic N) is 1. The topological polar surface area (TPSA) is 54.9 Å². The normalized spacial score (nSPS) is 10.5. The molecule has 2 aromatic carbocycles. The summed E-state index contributed by atoms with van der Waals surface area (Å²) in [6.45, 7) is 6.81. The molecule has 5 nitrogen and oxygen atoms in total. The van der Waals surface area contributed by atoms with E-state index in [1.54, 1.807) is 30.5 Å². The number of hydrogen-bond acceptors (Lipinski definition) is 4. The fraction of sp³-hybridized carbons (Fsp3) is 0.200. The minimum atomic E-state index is 0.233. The number of hydrazone groups is 1. The molecule has 0 amide bonds. The molecule has 0 atom stereocenters. The zero-order chi connectivity index (χ0) is 20.4.